The van der Waals surface area contributed by atoms with Crippen LogP contribution in [0.5, 0.6) is 0 Å². The lowest BCUT2D eigenvalue weighted by Gasteiger charge is -2.14. The van der Waals surface area contributed by atoms with E-state index in [1.165, 1.54) is 12.8 Å². The molecule has 0 aromatic rings. The maximum absolute atomic E-state index is 5.71. The molecule has 3 heteroatoms. The van der Waals surface area contributed by atoms with Crippen LogP contribution in [-0.4, -0.2) is 24.5 Å². The molecule has 1 nitrogen and oxygen atoms in total. The van der Waals surface area contributed by atoms with E-state index in [0.717, 1.165) is 13.0 Å². The second-order valence-corrected chi connectivity index (χ2v) is 3.66. The number of rotatable bonds is 4. The highest BCUT2D eigenvalue weighted by atomic mass is 35.5. The Morgan fingerprint density at radius 3 is 2.55 bits per heavy atom. The molecule has 1 saturated heterocycles. The second-order valence-electron chi connectivity index (χ2n) is 3.05. The van der Waals surface area contributed by atoms with Gasteiger partial charge in [-0.25, -0.2) is 0 Å². The number of alkyl halides is 2. The highest BCUT2D eigenvalue weighted by Crippen LogP contribution is 2.21. The Hall–Kier alpha value is 0.540. The number of halogens is 2. The third kappa shape index (κ3) is 3.18. The Bertz CT molecular complexity index is 98.3. The molecule has 11 heavy (non-hydrogen) atoms. The SMILES string of the molecule is ClCC(CCl)CC1CCCO1. The van der Waals surface area contributed by atoms with Gasteiger partial charge < -0.3 is 4.74 Å². The number of hydrogen-bond donors (Lipinski definition) is 0. The fraction of sp³-hybridized carbons (Fsp3) is 1.00. The molecule has 0 aromatic heterocycles. The van der Waals surface area contributed by atoms with Crippen molar-refractivity contribution in [1.29, 1.82) is 0 Å². The smallest absolute Gasteiger partial charge is 0.0579 e. The molecule has 1 heterocycles. The highest BCUT2D eigenvalue weighted by molar-refractivity contribution is 6.20. The highest BCUT2D eigenvalue weighted by Gasteiger charge is 2.19. The molecule has 1 unspecified atom stereocenters. The molecule has 0 aliphatic carbocycles. The summed E-state index contributed by atoms with van der Waals surface area (Å²) < 4.78 is 5.47. The van der Waals surface area contributed by atoms with Gasteiger partial charge in [-0.1, -0.05) is 0 Å². The molecule has 0 N–H and O–H groups in total. The lowest BCUT2D eigenvalue weighted by Crippen LogP contribution is -2.15. The molecule has 66 valence electrons. The quantitative estimate of drug-likeness (QED) is 0.629. The van der Waals surface area contributed by atoms with Gasteiger partial charge in [0.25, 0.3) is 0 Å². The average molecular weight is 197 g/mol. The molecule has 0 aromatic carbocycles. The van der Waals surface area contributed by atoms with Crippen molar-refractivity contribution < 1.29 is 4.74 Å². The first-order valence-electron chi connectivity index (χ1n) is 4.10. The molecular weight excluding hydrogens is 183 g/mol. The van der Waals surface area contributed by atoms with Crippen molar-refractivity contribution in [3.63, 3.8) is 0 Å². The van der Waals surface area contributed by atoms with Gasteiger partial charge in [0.15, 0.2) is 0 Å². The van der Waals surface area contributed by atoms with Crippen molar-refractivity contribution in [2.45, 2.75) is 25.4 Å². The first-order valence-corrected chi connectivity index (χ1v) is 5.17. The summed E-state index contributed by atoms with van der Waals surface area (Å²) in [6.07, 6.45) is 3.84. The van der Waals surface area contributed by atoms with Crippen LogP contribution in [0.25, 0.3) is 0 Å². The van der Waals surface area contributed by atoms with E-state index in [-0.39, 0.29) is 0 Å². The maximum atomic E-state index is 5.71. The van der Waals surface area contributed by atoms with Crippen LogP contribution in [0.4, 0.5) is 0 Å². The molecule has 0 amide bonds. The van der Waals surface area contributed by atoms with Crippen LogP contribution in [-0.2, 0) is 4.74 Å². The summed E-state index contributed by atoms with van der Waals surface area (Å²) in [6.45, 7) is 0.919. The zero-order chi connectivity index (χ0) is 8.10. The largest absolute Gasteiger partial charge is 0.378 e. The van der Waals surface area contributed by atoms with Crippen LogP contribution in [0, 0.1) is 5.92 Å². The van der Waals surface area contributed by atoms with Crippen LogP contribution in [0.2, 0.25) is 0 Å². The van der Waals surface area contributed by atoms with E-state index in [1.807, 2.05) is 0 Å². The minimum absolute atomic E-state index is 0.428. The second kappa shape index (κ2) is 5.23. The van der Waals surface area contributed by atoms with Gasteiger partial charge in [-0.3, -0.25) is 0 Å². The van der Waals surface area contributed by atoms with Gasteiger partial charge in [0.2, 0.25) is 0 Å². The minimum Gasteiger partial charge on any atom is -0.378 e. The Balaban J connectivity index is 2.16. The van der Waals surface area contributed by atoms with Gasteiger partial charge in [-0.2, -0.15) is 0 Å². The lowest BCUT2D eigenvalue weighted by atomic mass is 10.0. The third-order valence-corrected chi connectivity index (χ3v) is 2.93. The van der Waals surface area contributed by atoms with E-state index >= 15 is 0 Å². The Morgan fingerprint density at radius 2 is 2.09 bits per heavy atom. The molecule has 1 rings (SSSR count). The third-order valence-electron chi connectivity index (χ3n) is 2.06. The molecule has 1 aliphatic heterocycles. The van der Waals surface area contributed by atoms with Crippen molar-refractivity contribution in [2.75, 3.05) is 18.4 Å². The predicted octanol–water partition coefficient (Wildman–Crippen LogP) is 2.65. The molecule has 1 fully saturated rings. The van der Waals surface area contributed by atoms with Crippen LogP contribution in [0.3, 0.4) is 0 Å². The zero-order valence-electron chi connectivity index (χ0n) is 6.56. The van der Waals surface area contributed by atoms with Gasteiger partial charge in [0.1, 0.15) is 0 Å². The molecule has 1 atom stereocenters. The summed E-state index contributed by atoms with van der Waals surface area (Å²) in [4.78, 5) is 0. The number of hydrogen-bond acceptors (Lipinski definition) is 1. The van der Waals surface area contributed by atoms with Gasteiger partial charge in [0.05, 0.1) is 6.10 Å². The first kappa shape index (κ1) is 9.63. The van der Waals surface area contributed by atoms with E-state index < -0.39 is 0 Å². The summed E-state index contributed by atoms with van der Waals surface area (Å²) in [6, 6.07) is 0. The van der Waals surface area contributed by atoms with Gasteiger partial charge in [0, 0.05) is 18.4 Å². The minimum atomic E-state index is 0.428. The fourth-order valence-corrected chi connectivity index (χ4v) is 1.95. The summed E-state index contributed by atoms with van der Waals surface area (Å²) >= 11 is 11.4. The fourth-order valence-electron chi connectivity index (χ4n) is 1.37. The van der Waals surface area contributed by atoms with Crippen LogP contribution < -0.4 is 0 Å². The standard InChI is InChI=1S/C8H14Cl2O/c9-5-7(6-10)4-8-2-1-3-11-8/h7-8H,1-6H2. The van der Waals surface area contributed by atoms with E-state index in [0.29, 0.717) is 23.8 Å². The van der Waals surface area contributed by atoms with E-state index in [2.05, 4.69) is 0 Å². The number of ether oxygens (including phenoxy) is 1. The van der Waals surface area contributed by atoms with E-state index in [4.69, 9.17) is 27.9 Å². The zero-order valence-corrected chi connectivity index (χ0v) is 8.07. The topological polar surface area (TPSA) is 9.23 Å². The van der Waals surface area contributed by atoms with Crippen molar-refractivity contribution in [3.8, 4) is 0 Å². The van der Waals surface area contributed by atoms with Crippen molar-refractivity contribution in [1.82, 2.24) is 0 Å². The van der Waals surface area contributed by atoms with Gasteiger partial charge in [-0.15, -0.1) is 23.2 Å². The van der Waals surface area contributed by atoms with Crippen molar-refractivity contribution >= 4 is 23.2 Å². The van der Waals surface area contributed by atoms with Crippen molar-refractivity contribution in [2.24, 2.45) is 5.92 Å². The maximum Gasteiger partial charge on any atom is 0.0579 e. The van der Waals surface area contributed by atoms with Gasteiger partial charge in [-0.05, 0) is 25.2 Å². The van der Waals surface area contributed by atoms with Crippen LogP contribution in [0.1, 0.15) is 19.3 Å². The van der Waals surface area contributed by atoms with E-state index in [1.54, 1.807) is 0 Å². The van der Waals surface area contributed by atoms with Gasteiger partial charge >= 0.3 is 0 Å². The lowest BCUT2D eigenvalue weighted by molar-refractivity contribution is 0.0946. The van der Waals surface area contributed by atoms with Crippen LogP contribution in [0.15, 0.2) is 0 Å². The molecule has 0 saturated carbocycles. The predicted molar refractivity (Wildman–Crippen MR) is 48.5 cm³/mol. The molecule has 0 spiro atoms. The van der Waals surface area contributed by atoms with Crippen molar-refractivity contribution in [3.05, 3.63) is 0 Å². The monoisotopic (exact) mass is 196 g/mol. The summed E-state index contributed by atoms with van der Waals surface area (Å²) in [5, 5.41) is 0. The Morgan fingerprint density at radius 1 is 1.36 bits per heavy atom. The Labute approximate surface area is 78.0 Å². The first-order chi connectivity index (χ1) is 5.36. The molecular formula is C8H14Cl2O. The molecule has 1 aliphatic rings. The average Bonchev–Trinajstić information content (AvgIpc) is 2.52. The summed E-state index contributed by atoms with van der Waals surface area (Å²) in [7, 11) is 0. The summed E-state index contributed by atoms with van der Waals surface area (Å²) in [5.74, 6) is 1.74. The summed E-state index contributed by atoms with van der Waals surface area (Å²) in [5.41, 5.74) is 0. The Kier molecular flexibility index (Phi) is 4.58. The molecule has 0 bridgehead atoms. The molecule has 0 radical (unpaired) electrons. The normalized spacial score (nSPS) is 24.8. The van der Waals surface area contributed by atoms with E-state index in [9.17, 15) is 0 Å². The van der Waals surface area contributed by atoms with Crippen LogP contribution >= 0.6 is 23.2 Å².